The molecule has 8 rings (SSSR count). The van der Waals surface area contributed by atoms with E-state index < -0.39 is 0 Å². The molecule has 0 aliphatic carbocycles. The molecule has 3 nitrogen and oxygen atoms in total. The Kier molecular flexibility index (Phi) is 5.64. The normalized spacial score (nSPS) is 11.5. The van der Waals surface area contributed by atoms with Gasteiger partial charge in [0.05, 0.1) is 5.52 Å². The van der Waals surface area contributed by atoms with Crippen molar-refractivity contribution in [2.24, 2.45) is 0 Å². The lowest BCUT2D eigenvalue weighted by Crippen LogP contribution is -1.86. The summed E-state index contributed by atoms with van der Waals surface area (Å²) in [7, 11) is 0. The Labute approximate surface area is 241 Å². The van der Waals surface area contributed by atoms with Gasteiger partial charge in [0.25, 0.3) is 0 Å². The van der Waals surface area contributed by atoms with Gasteiger partial charge in [-0.2, -0.15) is 0 Å². The van der Waals surface area contributed by atoms with Crippen LogP contribution >= 0.6 is 0 Å². The second kappa shape index (κ2) is 9.79. The predicted octanol–water partition coefficient (Wildman–Crippen LogP) is 10.3. The third kappa shape index (κ3) is 4.21. The summed E-state index contributed by atoms with van der Waals surface area (Å²) in [6.45, 7) is 0. The van der Waals surface area contributed by atoms with Crippen LogP contribution in [0.15, 0.2) is 144 Å². The lowest BCUT2D eigenvalue weighted by molar-refractivity contribution is 0.628. The van der Waals surface area contributed by atoms with Crippen LogP contribution in [0.3, 0.4) is 0 Å². The van der Waals surface area contributed by atoms with Crippen LogP contribution in [0.2, 0.25) is 0 Å². The van der Waals surface area contributed by atoms with Gasteiger partial charge in [0.2, 0.25) is 5.71 Å². The number of aromatic nitrogens is 2. The quantitative estimate of drug-likeness (QED) is 0.222. The van der Waals surface area contributed by atoms with Gasteiger partial charge in [0.15, 0.2) is 0 Å². The van der Waals surface area contributed by atoms with E-state index in [1.54, 1.807) is 18.3 Å². The molecule has 0 saturated carbocycles. The van der Waals surface area contributed by atoms with Crippen molar-refractivity contribution < 1.29 is 8.81 Å². The summed E-state index contributed by atoms with van der Waals surface area (Å²) in [5.41, 5.74) is 11.0. The molecule has 3 aromatic heterocycles. The van der Waals surface area contributed by atoms with Gasteiger partial charge in [0, 0.05) is 39.7 Å². The van der Waals surface area contributed by atoms with E-state index in [0.29, 0.717) is 5.71 Å². The van der Waals surface area contributed by atoms with E-state index in [1.165, 1.54) is 12.1 Å². The van der Waals surface area contributed by atoms with Gasteiger partial charge in [-0.05, 0) is 69.8 Å². The van der Waals surface area contributed by atoms with E-state index in [-0.39, 0.29) is 5.82 Å². The van der Waals surface area contributed by atoms with Gasteiger partial charge in [-0.25, -0.2) is 9.37 Å². The number of furan rings is 1. The van der Waals surface area contributed by atoms with Crippen LogP contribution in [0, 0.1) is 5.82 Å². The van der Waals surface area contributed by atoms with Crippen molar-refractivity contribution in [1.29, 1.82) is 0 Å². The lowest BCUT2D eigenvalue weighted by atomic mass is 9.97. The molecule has 3 heterocycles. The van der Waals surface area contributed by atoms with Gasteiger partial charge in [-0.3, -0.25) is 4.98 Å². The minimum Gasteiger partial charge on any atom is -0.437 e. The summed E-state index contributed by atoms with van der Waals surface area (Å²) < 4.78 is 19.4. The number of rotatable bonds is 4. The molecule has 0 fully saturated rings. The third-order valence-electron chi connectivity index (χ3n) is 7.88. The highest BCUT2D eigenvalue weighted by Gasteiger charge is 2.13. The summed E-state index contributed by atoms with van der Waals surface area (Å²) in [4.78, 5) is 9.19. The Hall–Kier alpha value is -5.61. The minimum atomic E-state index is -0.228. The van der Waals surface area contributed by atoms with E-state index in [9.17, 15) is 4.39 Å². The number of nitrogens with zero attached hydrogens (tertiary/aromatic N) is 2. The molecule has 4 heteroatoms. The molecule has 5 aromatic carbocycles. The largest absolute Gasteiger partial charge is 0.437 e. The Morgan fingerprint density at radius 3 is 1.88 bits per heavy atom. The Morgan fingerprint density at radius 2 is 1.12 bits per heavy atom. The zero-order chi connectivity index (χ0) is 28.0. The van der Waals surface area contributed by atoms with Crippen molar-refractivity contribution in [3.05, 3.63) is 146 Å². The fourth-order valence-electron chi connectivity index (χ4n) is 5.66. The number of hydrogen-bond acceptors (Lipinski definition) is 3. The highest BCUT2D eigenvalue weighted by molar-refractivity contribution is 6.08. The van der Waals surface area contributed by atoms with Gasteiger partial charge in [-0.15, -0.1) is 0 Å². The first kappa shape index (κ1) is 24.2. The molecule has 0 radical (unpaired) electrons. The molecule has 0 saturated heterocycles. The third-order valence-corrected chi connectivity index (χ3v) is 7.88. The maximum atomic E-state index is 13.3. The molecule has 0 amide bonds. The number of hydrogen-bond donors (Lipinski definition) is 0. The average Bonchev–Trinajstić information content (AvgIpc) is 3.44. The monoisotopic (exact) mass is 542 g/mol. The van der Waals surface area contributed by atoms with Crippen LogP contribution in [-0.4, -0.2) is 9.97 Å². The molecule has 42 heavy (non-hydrogen) atoms. The second-order valence-corrected chi connectivity index (χ2v) is 10.4. The highest BCUT2D eigenvalue weighted by atomic mass is 19.1. The summed E-state index contributed by atoms with van der Waals surface area (Å²) in [6.07, 6.45) is 3.69. The minimum absolute atomic E-state index is 0.228. The van der Waals surface area contributed by atoms with Gasteiger partial charge in [0.1, 0.15) is 11.4 Å². The first-order valence-electron chi connectivity index (χ1n) is 13.8. The average molecular weight is 543 g/mol. The van der Waals surface area contributed by atoms with Gasteiger partial charge >= 0.3 is 0 Å². The van der Waals surface area contributed by atoms with Gasteiger partial charge in [-0.1, -0.05) is 91.0 Å². The predicted molar refractivity (Wildman–Crippen MR) is 169 cm³/mol. The molecule has 0 aliphatic heterocycles. The molecule has 8 aromatic rings. The first-order chi connectivity index (χ1) is 20.7. The van der Waals surface area contributed by atoms with Crippen LogP contribution < -0.4 is 0 Å². The topological polar surface area (TPSA) is 38.9 Å². The van der Waals surface area contributed by atoms with Crippen molar-refractivity contribution in [1.82, 2.24) is 9.97 Å². The van der Waals surface area contributed by atoms with Crippen LogP contribution in [0.25, 0.3) is 77.5 Å². The Morgan fingerprint density at radius 1 is 0.500 bits per heavy atom. The molecule has 0 unspecified atom stereocenters. The molecular weight excluding hydrogens is 519 g/mol. The highest BCUT2D eigenvalue weighted by Crippen LogP contribution is 2.36. The van der Waals surface area contributed by atoms with Crippen LogP contribution in [0.5, 0.6) is 0 Å². The summed E-state index contributed by atoms with van der Waals surface area (Å²) >= 11 is 0. The number of fused-ring (bicyclic) bond motifs is 4. The van der Waals surface area contributed by atoms with E-state index in [2.05, 4.69) is 96.0 Å². The van der Waals surface area contributed by atoms with Gasteiger partial charge < -0.3 is 4.42 Å². The number of benzene rings is 5. The lowest BCUT2D eigenvalue weighted by Gasteiger charge is -2.09. The van der Waals surface area contributed by atoms with Crippen molar-refractivity contribution in [2.45, 2.75) is 0 Å². The fourth-order valence-corrected chi connectivity index (χ4v) is 5.66. The molecule has 0 bridgehead atoms. The molecule has 0 atom stereocenters. The number of pyridine rings is 2. The smallest absolute Gasteiger partial charge is 0.227 e. The zero-order valence-electron chi connectivity index (χ0n) is 22.5. The summed E-state index contributed by atoms with van der Waals surface area (Å²) in [5.74, 6) is -0.228. The maximum absolute atomic E-state index is 13.3. The Balaban J connectivity index is 1.07. The van der Waals surface area contributed by atoms with Crippen LogP contribution in [-0.2, 0) is 0 Å². The SMILES string of the molecule is Fc1ccc(-c2ccc(-c3ccc4cc(-c5ccc(-c6cccc7c6oc6ncccc67)cc5)cnc4c3)cc2)cc1. The maximum Gasteiger partial charge on any atom is 0.227 e. The molecular formula is C38H23FN2O. The zero-order valence-corrected chi connectivity index (χ0v) is 22.5. The van der Waals surface area contributed by atoms with Crippen molar-refractivity contribution in [3.8, 4) is 44.5 Å². The molecule has 198 valence electrons. The van der Waals surface area contributed by atoms with E-state index >= 15 is 0 Å². The fraction of sp³-hybridized carbons (Fsp3) is 0. The molecule has 0 N–H and O–H groups in total. The first-order valence-corrected chi connectivity index (χ1v) is 13.8. The van der Waals surface area contributed by atoms with E-state index in [1.807, 2.05) is 18.3 Å². The van der Waals surface area contributed by atoms with Crippen molar-refractivity contribution >= 4 is 33.0 Å². The molecule has 0 aliphatic rings. The second-order valence-electron chi connectivity index (χ2n) is 10.4. The standard InChI is InChI=1S/C38H23FN2O/c39-32-18-16-25(17-19-32)24-6-8-26(9-7-24)29-14-15-30-21-31(23-41-36(30)22-29)27-10-12-28(13-11-27)33-3-1-4-34-35-5-2-20-40-38(35)42-37(33)34/h1-23H. The molecule has 0 spiro atoms. The van der Waals surface area contributed by atoms with E-state index in [4.69, 9.17) is 9.40 Å². The number of halogens is 1. The van der Waals surface area contributed by atoms with Crippen LogP contribution in [0.1, 0.15) is 0 Å². The van der Waals surface area contributed by atoms with Crippen molar-refractivity contribution in [3.63, 3.8) is 0 Å². The number of para-hydroxylation sites is 1. The van der Waals surface area contributed by atoms with Crippen LogP contribution in [0.4, 0.5) is 4.39 Å². The Bertz CT molecular complexity index is 2230. The summed E-state index contributed by atoms with van der Waals surface area (Å²) in [6, 6.07) is 42.2. The van der Waals surface area contributed by atoms with Crippen molar-refractivity contribution in [2.75, 3.05) is 0 Å². The van der Waals surface area contributed by atoms with E-state index in [0.717, 1.165) is 71.8 Å². The summed E-state index contributed by atoms with van der Waals surface area (Å²) in [5, 5.41) is 3.18.